The molecular weight excluding hydrogens is 410 g/mol. The summed E-state index contributed by atoms with van der Waals surface area (Å²) in [6.07, 6.45) is -2.74. The normalized spacial score (nSPS) is 32.2. The second-order valence-electron chi connectivity index (χ2n) is 7.21. The topological polar surface area (TPSA) is 97.1 Å². The molecule has 0 saturated carbocycles. The molecule has 2 fully saturated rings. The number of ether oxygens (including phenoxy) is 4. The van der Waals surface area contributed by atoms with E-state index in [0.717, 1.165) is 5.56 Å². The fourth-order valence-corrected chi connectivity index (χ4v) is 5.75. The molecule has 0 aliphatic carbocycles. The second kappa shape index (κ2) is 9.32. The lowest BCUT2D eigenvalue weighted by atomic mass is 9.92. The van der Waals surface area contributed by atoms with Gasteiger partial charge in [0.1, 0.15) is 12.2 Å². The first-order chi connectivity index (χ1) is 14.6. The quantitative estimate of drug-likeness (QED) is 0.510. The van der Waals surface area contributed by atoms with Crippen molar-refractivity contribution in [1.82, 2.24) is 0 Å². The van der Waals surface area contributed by atoms with E-state index in [9.17, 15) is 14.3 Å². The summed E-state index contributed by atoms with van der Waals surface area (Å²) < 4.78 is 37.0. The summed E-state index contributed by atoms with van der Waals surface area (Å²) in [6.45, 7) is -0.233. The number of fused-ring (bicyclic) bond motifs is 1. The van der Waals surface area contributed by atoms with Gasteiger partial charge in [-0.15, -0.1) is 0 Å². The van der Waals surface area contributed by atoms with E-state index < -0.39 is 58.2 Å². The Morgan fingerprint density at radius 1 is 1.10 bits per heavy atom. The highest BCUT2D eigenvalue weighted by atomic mass is 32.2. The van der Waals surface area contributed by atoms with Crippen LogP contribution in [0.15, 0.2) is 65.6 Å². The van der Waals surface area contributed by atoms with Crippen molar-refractivity contribution in [3.8, 4) is 0 Å². The summed E-state index contributed by atoms with van der Waals surface area (Å²) in [5.74, 6) is -0.748. The molecule has 0 amide bonds. The van der Waals surface area contributed by atoms with Crippen molar-refractivity contribution < 1.29 is 28.1 Å². The highest BCUT2D eigenvalue weighted by Gasteiger charge is 2.54. The van der Waals surface area contributed by atoms with Crippen LogP contribution in [0.25, 0.3) is 0 Å². The van der Waals surface area contributed by atoms with Crippen molar-refractivity contribution in [3.05, 3.63) is 76.3 Å². The van der Waals surface area contributed by atoms with Gasteiger partial charge in [0.25, 0.3) is 0 Å². The van der Waals surface area contributed by atoms with E-state index in [0.29, 0.717) is 4.90 Å². The number of nitro groups is 1. The molecule has 2 saturated heterocycles. The fraction of sp³-hybridized carbons (Fsp3) is 0.429. The second-order valence-corrected chi connectivity index (χ2v) is 8.82. The third kappa shape index (κ3) is 4.30. The molecule has 160 valence electrons. The van der Waals surface area contributed by atoms with Crippen LogP contribution in [0.2, 0.25) is 0 Å². The van der Waals surface area contributed by atoms with E-state index >= 15 is 0 Å². The van der Waals surface area contributed by atoms with E-state index in [1.807, 2.05) is 36.4 Å². The average Bonchev–Trinajstić information content (AvgIpc) is 2.78. The van der Waals surface area contributed by atoms with Gasteiger partial charge < -0.3 is 18.9 Å². The van der Waals surface area contributed by atoms with Crippen LogP contribution in [0.4, 0.5) is 0 Å². The first-order valence-corrected chi connectivity index (χ1v) is 10.9. The molecule has 2 aliphatic heterocycles. The molecular formula is C21H23NO7S. The Bertz CT molecular complexity index is 881. The van der Waals surface area contributed by atoms with Crippen LogP contribution >= 0.6 is 0 Å². The molecule has 0 aromatic heterocycles. The Morgan fingerprint density at radius 2 is 1.77 bits per heavy atom. The number of hydrogen-bond donors (Lipinski definition) is 0. The molecule has 8 nitrogen and oxygen atoms in total. The number of rotatable bonds is 6. The minimum atomic E-state index is -1.57. The third-order valence-electron chi connectivity index (χ3n) is 5.35. The summed E-state index contributed by atoms with van der Waals surface area (Å²) in [6, 6.07) is 18.3. The number of nitrogens with zero attached hydrogens (tertiary/aromatic N) is 1. The average molecular weight is 433 g/mol. The largest absolute Gasteiger partial charge is 0.355 e. The Kier molecular flexibility index (Phi) is 6.55. The molecule has 0 N–H and O–H groups in total. The van der Waals surface area contributed by atoms with E-state index in [-0.39, 0.29) is 6.61 Å². The van der Waals surface area contributed by atoms with Crippen molar-refractivity contribution in [2.45, 2.75) is 34.9 Å². The van der Waals surface area contributed by atoms with Gasteiger partial charge >= 0.3 is 0 Å². The summed E-state index contributed by atoms with van der Waals surface area (Å²) in [5, 5.41) is 10.7. The van der Waals surface area contributed by atoms with Gasteiger partial charge in [-0.05, 0) is 12.1 Å². The number of hydrogen-bond acceptors (Lipinski definition) is 7. The summed E-state index contributed by atoms with van der Waals surface area (Å²) in [7, 11) is -0.145. The first kappa shape index (κ1) is 21.1. The molecule has 2 heterocycles. The third-order valence-corrected chi connectivity index (χ3v) is 7.20. The molecule has 9 heteroatoms. The molecule has 0 unspecified atom stereocenters. The molecule has 2 aliphatic rings. The summed E-state index contributed by atoms with van der Waals surface area (Å²) in [5.41, 5.74) is 0.819. The van der Waals surface area contributed by atoms with Crippen molar-refractivity contribution in [2.75, 3.05) is 20.3 Å². The molecule has 0 spiro atoms. The van der Waals surface area contributed by atoms with Crippen LogP contribution in [0.5, 0.6) is 0 Å². The molecule has 7 atom stereocenters. The molecule has 4 rings (SSSR count). The summed E-state index contributed by atoms with van der Waals surface area (Å²) in [4.78, 5) is 11.6. The minimum Gasteiger partial charge on any atom is -0.355 e. The molecule has 0 radical (unpaired) electrons. The highest BCUT2D eigenvalue weighted by molar-refractivity contribution is 7.85. The van der Waals surface area contributed by atoms with Gasteiger partial charge in [0, 0.05) is 22.5 Å². The lowest BCUT2D eigenvalue weighted by molar-refractivity contribution is -0.498. The SMILES string of the molecule is CO[C@@H]1O[C@@H]2CO[C@@H](c3ccccc3)O[C@H]2[C@H]([S@](=O)c2ccccc2)[C@@H]1C[N+](=O)[O-]. The van der Waals surface area contributed by atoms with Crippen LogP contribution in [0.1, 0.15) is 11.9 Å². The van der Waals surface area contributed by atoms with Crippen molar-refractivity contribution in [2.24, 2.45) is 5.92 Å². The Hall–Kier alpha value is -2.17. The lowest BCUT2D eigenvalue weighted by Crippen LogP contribution is -2.62. The molecule has 2 aromatic rings. The Morgan fingerprint density at radius 3 is 2.40 bits per heavy atom. The van der Waals surface area contributed by atoms with Gasteiger partial charge in [0.05, 0.1) is 28.6 Å². The zero-order valence-corrected chi connectivity index (χ0v) is 17.2. The van der Waals surface area contributed by atoms with Gasteiger partial charge in [0.2, 0.25) is 6.54 Å². The van der Waals surface area contributed by atoms with Crippen LogP contribution in [0.3, 0.4) is 0 Å². The van der Waals surface area contributed by atoms with Gasteiger partial charge in [0.15, 0.2) is 12.6 Å². The minimum absolute atomic E-state index is 0.206. The van der Waals surface area contributed by atoms with Gasteiger partial charge in [-0.2, -0.15) is 0 Å². The lowest BCUT2D eigenvalue weighted by Gasteiger charge is -2.47. The van der Waals surface area contributed by atoms with Crippen molar-refractivity contribution >= 4 is 10.8 Å². The van der Waals surface area contributed by atoms with E-state index in [2.05, 4.69) is 0 Å². The Labute approximate surface area is 176 Å². The van der Waals surface area contributed by atoms with Crippen LogP contribution in [-0.4, -0.2) is 53.1 Å². The maximum atomic E-state index is 13.6. The predicted octanol–water partition coefficient (Wildman–Crippen LogP) is 2.54. The van der Waals surface area contributed by atoms with E-state index in [4.69, 9.17) is 18.9 Å². The Balaban J connectivity index is 1.70. The molecule has 30 heavy (non-hydrogen) atoms. The smallest absolute Gasteiger partial charge is 0.212 e. The van der Waals surface area contributed by atoms with Crippen LogP contribution in [0, 0.1) is 16.0 Å². The first-order valence-electron chi connectivity index (χ1n) is 9.66. The number of methoxy groups -OCH3 is 1. The van der Waals surface area contributed by atoms with Crippen molar-refractivity contribution in [1.29, 1.82) is 0 Å². The zero-order chi connectivity index (χ0) is 21.1. The summed E-state index contributed by atoms with van der Waals surface area (Å²) >= 11 is 0. The van der Waals surface area contributed by atoms with Gasteiger partial charge in [-0.25, -0.2) is 0 Å². The zero-order valence-electron chi connectivity index (χ0n) is 16.4. The number of benzene rings is 2. The molecule has 2 aromatic carbocycles. The predicted molar refractivity (Wildman–Crippen MR) is 108 cm³/mol. The van der Waals surface area contributed by atoms with Gasteiger partial charge in [-0.3, -0.25) is 14.3 Å². The standard InChI is InChI=1S/C21H23NO7S/c1-26-21-16(12-22(23)24)19(30(25)15-10-6-3-7-11-15)18-17(28-21)13-27-20(29-18)14-8-4-2-5-9-14/h2-11,16-21H,12-13H2,1H3/t16-,17+,18+,19+,20+,21+,30+/m0/s1. The maximum Gasteiger partial charge on any atom is 0.212 e. The van der Waals surface area contributed by atoms with E-state index in [1.54, 1.807) is 24.3 Å². The highest BCUT2D eigenvalue weighted by Crippen LogP contribution is 2.40. The maximum absolute atomic E-state index is 13.6. The molecule has 0 bridgehead atoms. The van der Waals surface area contributed by atoms with Crippen molar-refractivity contribution in [3.63, 3.8) is 0 Å². The monoisotopic (exact) mass is 433 g/mol. The van der Waals surface area contributed by atoms with Crippen LogP contribution < -0.4 is 0 Å². The van der Waals surface area contributed by atoms with E-state index in [1.165, 1.54) is 7.11 Å². The fourth-order valence-electron chi connectivity index (χ4n) is 3.99. The van der Waals surface area contributed by atoms with Gasteiger partial charge in [-0.1, -0.05) is 48.5 Å². The van der Waals surface area contributed by atoms with Crippen LogP contribution in [-0.2, 0) is 29.7 Å².